The first-order chi connectivity index (χ1) is 13.2. The SMILES string of the molecule is CS(=O)(=O)c1ccc(NCCNC(=O)COc2ccc(F)cc2)c([N+](=O)[O-])c1. The smallest absolute Gasteiger partial charge is 0.293 e. The number of benzene rings is 2. The summed E-state index contributed by atoms with van der Waals surface area (Å²) in [5.41, 5.74) is -0.247. The molecule has 0 heterocycles. The van der Waals surface area contributed by atoms with E-state index in [1.807, 2.05) is 0 Å². The van der Waals surface area contributed by atoms with Gasteiger partial charge in [0.1, 0.15) is 17.3 Å². The molecule has 1 amide bonds. The van der Waals surface area contributed by atoms with E-state index in [2.05, 4.69) is 10.6 Å². The van der Waals surface area contributed by atoms with Gasteiger partial charge in [0.05, 0.1) is 9.82 Å². The molecular formula is C17H18FN3O6S. The molecule has 0 aliphatic rings. The van der Waals surface area contributed by atoms with Gasteiger partial charge < -0.3 is 15.4 Å². The Bertz CT molecular complexity index is 963. The van der Waals surface area contributed by atoms with Gasteiger partial charge in [-0.3, -0.25) is 14.9 Å². The van der Waals surface area contributed by atoms with Crippen LogP contribution >= 0.6 is 0 Å². The van der Waals surface area contributed by atoms with Crippen molar-refractivity contribution in [3.8, 4) is 5.75 Å². The zero-order chi connectivity index (χ0) is 20.7. The van der Waals surface area contributed by atoms with Gasteiger partial charge in [0.2, 0.25) is 0 Å². The molecule has 2 aromatic rings. The van der Waals surface area contributed by atoms with Crippen molar-refractivity contribution in [2.24, 2.45) is 0 Å². The van der Waals surface area contributed by atoms with E-state index < -0.39 is 26.5 Å². The molecule has 0 aromatic heterocycles. The molecule has 0 radical (unpaired) electrons. The highest BCUT2D eigenvalue weighted by molar-refractivity contribution is 7.90. The fraction of sp³-hybridized carbons (Fsp3) is 0.235. The average molecular weight is 411 g/mol. The number of hydrogen-bond acceptors (Lipinski definition) is 7. The summed E-state index contributed by atoms with van der Waals surface area (Å²) in [7, 11) is -3.57. The number of nitro groups is 1. The second-order valence-corrected chi connectivity index (χ2v) is 7.74. The summed E-state index contributed by atoms with van der Waals surface area (Å²) in [5.74, 6) is -0.495. The van der Waals surface area contributed by atoms with Gasteiger partial charge in [-0.15, -0.1) is 0 Å². The van der Waals surface area contributed by atoms with Crippen LogP contribution in [0.2, 0.25) is 0 Å². The normalized spacial score (nSPS) is 10.9. The van der Waals surface area contributed by atoms with Crippen LogP contribution in [-0.4, -0.2) is 45.2 Å². The summed E-state index contributed by atoms with van der Waals surface area (Å²) >= 11 is 0. The van der Waals surface area contributed by atoms with E-state index in [1.54, 1.807) is 0 Å². The number of nitrogens with one attached hydrogen (secondary N) is 2. The molecule has 0 fully saturated rings. The quantitative estimate of drug-likeness (QED) is 0.365. The van der Waals surface area contributed by atoms with Gasteiger partial charge >= 0.3 is 0 Å². The van der Waals surface area contributed by atoms with Gasteiger partial charge in [-0.05, 0) is 36.4 Å². The molecule has 0 unspecified atom stereocenters. The minimum atomic E-state index is -3.57. The molecule has 0 aliphatic heterocycles. The highest BCUT2D eigenvalue weighted by Gasteiger charge is 2.18. The number of amides is 1. The van der Waals surface area contributed by atoms with Crippen LogP contribution in [-0.2, 0) is 14.6 Å². The third kappa shape index (κ3) is 6.20. The molecule has 2 rings (SSSR count). The molecule has 11 heteroatoms. The minimum absolute atomic E-state index is 0.134. The predicted molar refractivity (Wildman–Crippen MR) is 99.6 cm³/mol. The Kier molecular flexibility index (Phi) is 6.88. The number of carbonyl (C=O) groups excluding carboxylic acids is 1. The summed E-state index contributed by atoms with van der Waals surface area (Å²) < 4.78 is 41.0. The largest absolute Gasteiger partial charge is 0.484 e. The van der Waals surface area contributed by atoms with Gasteiger partial charge in [0.25, 0.3) is 11.6 Å². The van der Waals surface area contributed by atoms with Gasteiger partial charge in [-0.2, -0.15) is 0 Å². The number of anilines is 1. The molecule has 2 N–H and O–H groups in total. The van der Waals surface area contributed by atoms with Crippen LogP contribution in [0.4, 0.5) is 15.8 Å². The maximum absolute atomic E-state index is 12.8. The van der Waals surface area contributed by atoms with Gasteiger partial charge in [-0.25, -0.2) is 12.8 Å². The van der Waals surface area contributed by atoms with Gasteiger partial charge in [0, 0.05) is 25.4 Å². The number of rotatable bonds is 9. The van der Waals surface area contributed by atoms with Crippen LogP contribution in [0.15, 0.2) is 47.4 Å². The second-order valence-electron chi connectivity index (χ2n) is 5.73. The van der Waals surface area contributed by atoms with E-state index in [-0.39, 0.29) is 36.0 Å². The average Bonchev–Trinajstić information content (AvgIpc) is 2.64. The maximum Gasteiger partial charge on any atom is 0.293 e. The Labute approximate surface area is 160 Å². The van der Waals surface area contributed by atoms with Crippen LogP contribution in [0.25, 0.3) is 0 Å². The molecule has 0 spiro atoms. The van der Waals surface area contributed by atoms with Crippen LogP contribution in [0.5, 0.6) is 5.75 Å². The fourth-order valence-electron chi connectivity index (χ4n) is 2.17. The number of nitrogens with zero attached hydrogens (tertiary/aromatic N) is 1. The fourth-order valence-corrected chi connectivity index (χ4v) is 2.81. The van der Waals surface area contributed by atoms with Crippen molar-refractivity contribution in [3.05, 3.63) is 58.4 Å². The standard InChI is InChI=1S/C17H18FN3O6S/c1-28(25,26)14-6-7-15(16(10-14)21(23)24)19-8-9-20-17(22)11-27-13-4-2-12(18)3-5-13/h2-7,10,19H,8-9,11H2,1H3,(H,20,22). The van der Waals surface area contributed by atoms with Crippen LogP contribution in [0.1, 0.15) is 0 Å². The number of hydrogen-bond donors (Lipinski definition) is 2. The lowest BCUT2D eigenvalue weighted by atomic mass is 10.2. The van der Waals surface area contributed by atoms with Crippen molar-refractivity contribution < 1.29 is 27.3 Å². The zero-order valence-corrected chi connectivity index (χ0v) is 15.7. The number of ether oxygens (including phenoxy) is 1. The topological polar surface area (TPSA) is 128 Å². The van der Waals surface area contributed by atoms with Crippen molar-refractivity contribution in [1.29, 1.82) is 0 Å². The van der Waals surface area contributed by atoms with E-state index in [9.17, 15) is 27.7 Å². The molecule has 0 saturated heterocycles. The lowest BCUT2D eigenvalue weighted by Gasteiger charge is -2.10. The molecule has 0 aliphatic carbocycles. The van der Waals surface area contributed by atoms with Crippen LogP contribution < -0.4 is 15.4 Å². The summed E-state index contributed by atoms with van der Waals surface area (Å²) in [6.07, 6.45) is 0.961. The summed E-state index contributed by atoms with van der Waals surface area (Å²) in [6.45, 7) is 0.0484. The Hall–Kier alpha value is -3.21. The number of carbonyl (C=O) groups is 1. The molecule has 2 aromatic carbocycles. The molecule has 0 bridgehead atoms. The first kappa shape index (κ1) is 21.1. The van der Waals surface area contributed by atoms with Crippen LogP contribution in [0, 0.1) is 15.9 Å². The first-order valence-corrected chi connectivity index (χ1v) is 9.93. The van der Waals surface area contributed by atoms with E-state index in [1.165, 1.54) is 36.4 Å². The Morgan fingerprint density at radius 3 is 2.46 bits per heavy atom. The highest BCUT2D eigenvalue weighted by Crippen LogP contribution is 2.27. The number of halogens is 1. The maximum atomic E-state index is 12.8. The van der Waals surface area contributed by atoms with Gasteiger partial charge in [-0.1, -0.05) is 0 Å². The molecule has 0 atom stereocenters. The molecule has 9 nitrogen and oxygen atoms in total. The number of sulfone groups is 1. The molecule has 0 saturated carbocycles. The van der Waals surface area contributed by atoms with Crippen LogP contribution in [0.3, 0.4) is 0 Å². The first-order valence-electron chi connectivity index (χ1n) is 8.04. The Morgan fingerprint density at radius 2 is 1.86 bits per heavy atom. The summed E-state index contributed by atoms with van der Waals surface area (Å²) in [6, 6.07) is 8.74. The van der Waals surface area contributed by atoms with Crippen molar-refractivity contribution in [2.75, 3.05) is 31.3 Å². The second kappa shape index (κ2) is 9.13. The lowest BCUT2D eigenvalue weighted by molar-refractivity contribution is -0.384. The van der Waals surface area contributed by atoms with E-state index in [0.29, 0.717) is 5.75 Å². The third-order valence-electron chi connectivity index (χ3n) is 3.54. The highest BCUT2D eigenvalue weighted by atomic mass is 32.2. The summed E-state index contributed by atoms with van der Waals surface area (Å²) in [5, 5.41) is 16.5. The predicted octanol–water partition coefficient (Wildman–Crippen LogP) is 1.74. The monoisotopic (exact) mass is 411 g/mol. The van der Waals surface area contributed by atoms with Crippen molar-refractivity contribution in [1.82, 2.24) is 5.32 Å². The van der Waals surface area contributed by atoms with Gasteiger partial charge in [0.15, 0.2) is 16.4 Å². The Balaban J connectivity index is 1.83. The molecular weight excluding hydrogens is 393 g/mol. The van der Waals surface area contributed by atoms with E-state index >= 15 is 0 Å². The third-order valence-corrected chi connectivity index (χ3v) is 4.65. The lowest BCUT2D eigenvalue weighted by Crippen LogP contribution is -2.32. The van der Waals surface area contributed by atoms with Crippen molar-refractivity contribution >= 4 is 27.1 Å². The number of nitro benzene ring substituents is 1. The van der Waals surface area contributed by atoms with E-state index in [4.69, 9.17) is 4.74 Å². The van der Waals surface area contributed by atoms with Crippen molar-refractivity contribution in [2.45, 2.75) is 4.90 Å². The minimum Gasteiger partial charge on any atom is -0.484 e. The van der Waals surface area contributed by atoms with Crippen molar-refractivity contribution in [3.63, 3.8) is 0 Å². The molecule has 28 heavy (non-hydrogen) atoms. The zero-order valence-electron chi connectivity index (χ0n) is 14.8. The van der Waals surface area contributed by atoms with E-state index in [0.717, 1.165) is 12.3 Å². The summed E-state index contributed by atoms with van der Waals surface area (Å²) in [4.78, 5) is 22.0. The molecule has 150 valence electrons. The Morgan fingerprint density at radius 1 is 1.18 bits per heavy atom.